The van der Waals surface area contributed by atoms with Gasteiger partial charge in [0.1, 0.15) is 23.1 Å². The monoisotopic (exact) mass is 325 g/mol. The molecule has 22 heavy (non-hydrogen) atoms. The van der Waals surface area contributed by atoms with Crippen LogP contribution in [-0.2, 0) is 4.74 Å². The predicted octanol–water partition coefficient (Wildman–Crippen LogP) is 3.23. The summed E-state index contributed by atoms with van der Waals surface area (Å²) >= 11 is 0. The van der Waals surface area contributed by atoms with Gasteiger partial charge in [-0.1, -0.05) is 0 Å². The van der Waals surface area contributed by atoms with Gasteiger partial charge in [0.2, 0.25) is 0 Å². The van der Waals surface area contributed by atoms with Gasteiger partial charge in [-0.05, 0) is 6.92 Å². The van der Waals surface area contributed by atoms with Gasteiger partial charge in [0.15, 0.2) is 0 Å². The van der Waals surface area contributed by atoms with Gasteiger partial charge in [-0.25, -0.2) is 4.79 Å². The van der Waals surface area contributed by atoms with E-state index in [2.05, 4.69) is 14.2 Å². The molecule has 0 aliphatic rings. The predicted molar refractivity (Wildman–Crippen MR) is 60.4 cm³/mol. The largest absolute Gasteiger partial charge is 0.573 e. The van der Waals surface area contributed by atoms with Crippen LogP contribution < -0.4 is 9.47 Å². The fourth-order valence-electron chi connectivity index (χ4n) is 1.42. The molecule has 0 radical (unpaired) electrons. The Hall–Kier alpha value is -2.57. The number of benzene rings is 1. The lowest BCUT2D eigenvalue weighted by Gasteiger charge is -2.15. The Balaban J connectivity index is 3.40. The van der Waals surface area contributed by atoms with Crippen molar-refractivity contribution in [2.75, 3.05) is 6.61 Å². The zero-order valence-electron chi connectivity index (χ0n) is 10.9. The van der Waals surface area contributed by atoms with E-state index in [4.69, 9.17) is 5.26 Å². The van der Waals surface area contributed by atoms with Gasteiger partial charge >= 0.3 is 18.9 Å². The summed E-state index contributed by atoms with van der Waals surface area (Å²) in [6.07, 6.45) is -5.15. The number of halogens is 5. The minimum atomic E-state index is -5.15. The summed E-state index contributed by atoms with van der Waals surface area (Å²) in [5.41, 5.74) is -1.46. The molecular formula is C12H8F5NO4. The summed E-state index contributed by atoms with van der Waals surface area (Å²) < 4.78 is 73.5. The Morgan fingerprint density at radius 2 is 1.95 bits per heavy atom. The van der Waals surface area contributed by atoms with Crippen molar-refractivity contribution in [3.05, 3.63) is 23.3 Å². The average Bonchev–Trinajstić information content (AvgIpc) is 2.37. The van der Waals surface area contributed by atoms with Crippen molar-refractivity contribution < 1.29 is 41.0 Å². The molecule has 0 N–H and O–H groups in total. The fourth-order valence-corrected chi connectivity index (χ4v) is 1.42. The normalized spacial score (nSPS) is 11.0. The van der Waals surface area contributed by atoms with E-state index >= 15 is 0 Å². The second kappa shape index (κ2) is 6.93. The van der Waals surface area contributed by atoms with Crippen LogP contribution in [0.25, 0.3) is 0 Å². The summed E-state index contributed by atoms with van der Waals surface area (Å²) in [6.45, 7) is -2.12. The molecule has 1 rings (SSSR count). The second-order valence-electron chi connectivity index (χ2n) is 3.60. The minimum absolute atomic E-state index is 0.171. The number of nitriles is 1. The molecule has 0 aliphatic carbocycles. The molecule has 0 saturated carbocycles. The van der Waals surface area contributed by atoms with E-state index in [0.29, 0.717) is 12.1 Å². The van der Waals surface area contributed by atoms with Gasteiger partial charge in [0.05, 0.1) is 12.2 Å². The number of carbonyl (C=O) groups excluding carboxylic acids is 1. The van der Waals surface area contributed by atoms with Gasteiger partial charge in [0, 0.05) is 12.1 Å². The standard InChI is InChI=1S/C12H8F5NO4/c1-2-20-10(19)7-4-8(21-11(13)14)6(5-18)3-9(7)22-12(15,16)17/h3-4,11H,2H2,1H3. The van der Waals surface area contributed by atoms with E-state index in [9.17, 15) is 26.7 Å². The molecule has 0 saturated heterocycles. The van der Waals surface area contributed by atoms with Crippen LogP contribution in [0, 0.1) is 11.3 Å². The van der Waals surface area contributed by atoms with Gasteiger partial charge in [-0.3, -0.25) is 0 Å². The number of alkyl halides is 5. The van der Waals surface area contributed by atoms with Crippen molar-refractivity contribution in [3.8, 4) is 17.6 Å². The molecule has 120 valence electrons. The molecule has 5 nitrogen and oxygen atoms in total. The molecule has 0 aromatic heterocycles. The molecule has 0 fully saturated rings. The number of nitrogens with zero attached hydrogens (tertiary/aromatic N) is 1. The maximum atomic E-state index is 12.3. The molecule has 0 bridgehead atoms. The molecule has 1 aromatic carbocycles. The molecule has 0 amide bonds. The third-order valence-electron chi connectivity index (χ3n) is 2.14. The van der Waals surface area contributed by atoms with Crippen LogP contribution in [-0.4, -0.2) is 25.6 Å². The molecule has 0 unspecified atom stereocenters. The number of carbonyl (C=O) groups is 1. The van der Waals surface area contributed by atoms with E-state index in [1.807, 2.05) is 0 Å². The van der Waals surface area contributed by atoms with Crippen molar-refractivity contribution in [1.82, 2.24) is 0 Å². The number of hydrogen-bond donors (Lipinski definition) is 0. The van der Waals surface area contributed by atoms with Gasteiger partial charge < -0.3 is 14.2 Å². The molecule has 0 aliphatic heterocycles. The maximum absolute atomic E-state index is 12.3. The summed E-state index contributed by atoms with van der Waals surface area (Å²) in [4.78, 5) is 11.6. The molecule has 0 spiro atoms. The first-order valence-corrected chi connectivity index (χ1v) is 5.63. The third-order valence-corrected chi connectivity index (χ3v) is 2.14. The highest BCUT2D eigenvalue weighted by atomic mass is 19.4. The zero-order chi connectivity index (χ0) is 16.9. The number of rotatable bonds is 5. The van der Waals surface area contributed by atoms with Crippen LogP contribution >= 0.6 is 0 Å². The number of esters is 1. The quantitative estimate of drug-likeness (QED) is 0.614. The highest BCUT2D eigenvalue weighted by Crippen LogP contribution is 2.33. The van der Waals surface area contributed by atoms with Crippen molar-refractivity contribution in [3.63, 3.8) is 0 Å². The first-order valence-electron chi connectivity index (χ1n) is 5.63. The summed E-state index contributed by atoms with van der Waals surface area (Å²) in [5.74, 6) is -3.07. The topological polar surface area (TPSA) is 68.5 Å². The van der Waals surface area contributed by atoms with Crippen LogP contribution in [0.5, 0.6) is 11.5 Å². The maximum Gasteiger partial charge on any atom is 0.573 e. The lowest BCUT2D eigenvalue weighted by atomic mass is 10.1. The van der Waals surface area contributed by atoms with E-state index in [1.165, 1.54) is 13.0 Å². The summed E-state index contributed by atoms with van der Waals surface area (Å²) in [6, 6.07) is 2.37. The van der Waals surface area contributed by atoms with E-state index in [1.54, 1.807) is 0 Å². The smallest absolute Gasteiger partial charge is 0.462 e. The van der Waals surface area contributed by atoms with Crippen molar-refractivity contribution in [1.29, 1.82) is 5.26 Å². The molecule has 0 heterocycles. The SMILES string of the molecule is CCOC(=O)c1cc(OC(F)F)c(C#N)cc1OC(F)(F)F. The first kappa shape index (κ1) is 17.5. The van der Waals surface area contributed by atoms with Crippen molar-refractivity contribution >= 4 is 5.97 Å². The van der Waals surface area contributed by atoms with Gasteiger partial charge in [-0.15, -0.1) is 13.2 Å². The molecule has 0 atom stereocenters. The van der Waals surface area contributed by atoms with E-state index in [-0.39, 0.29) is 6.61 Å². The second-order valence-corrected chi connectivity index (χ2v) is 3.60. The Morgan fingerprint density at radius 3 is 2.41 bits per heavy atom. The Kier molecular flexibility index (Phi) is 5.50. The molecule has 1 aromatic rings. The van der Waals surface area contributed by atoms with Crippen LogP contribution in [0.1, 0.15) is 22.8 Å². The van der Waals surface area contributed by atoms with Crippen molar-refractivity contribution in [2.45, 2.75) is 19.9 Å². The van der Waals surface area contributed by atoms with Crippen LogP contribution in [0.15, 0.2) is 12.1 Å². The zero-order valence-corrected chi connectivity index (χ0v) is 10.9. The molecule has 10 heteroatoms. The van der Waals surface area contributed by atoms with Crippen LogP contribution in [0.4, 0.5) is 22.0 Å². The highest BCUT2D eigenvalue weighted by molar-refractivity contribution is 5.93. The van der Waals surface area contributed by atoms with Gasteiger partial charge in [0.25, 0.3) is 0 Å². The third kappa shape index (κ3) is 4.76. The first-order chi connectivity index (χ1) is 10.2. The average molecular weight is 325 g/mol. The Bertz CT molecular complexity index is 594. The minimum Gasteiger partial charge on any atom is -0.462 e. The fraction of sp³-hybridized carbons (Fsp3) is 0.333. The van der Waals surface area contributed by atoms with Gasteiger partial charge in [-0.2, -0.15) is 14.0 Å². The summed E-state index contributed by atoms with van der Waals surface area (Å²) in [7, 11) is 0. The molecular weight excluding hydrogens is 317 g/mol. The van der Waals surface area contributed by atoms with E-state index in [0.717, 1.165) is 0 Å². The van der Waals surface area contributed by atoms with E-state index < -0.39 is 41.6 Å². The number of ether oxygens (including phenoxy) is 3. The van der Waals surface area contributed by atoms with Crippen molar-refractivity contribution in [2.24, 2.45) is 0 Å². The number of hydrogen-bond acceptors (Lipinski definition) is 5. The van der Waals surface area contributed by atoms with Crippen LogP contribution in [0.2, 0.25) is 0 Å². The lowest BCUT2D eigenvalue weighted by Crippen LogP contribution is -2.20. The summed E-state index contributed by atoms with van der Waals surface area (Å²) in [5, 5.41) is 8.76. The van der Waals surface area contributed by atoms with Crippen LogP contribution in [0.3, 0.4) is 0 Å². The Morgan fingerprint density at radius 1 is 1.32 bits per heavy atom. The Labute approximate surface area is 120 Å². The highest BCUT2D eigenvalue weighted by Gasteiger charge is 2.34. The lowest BCUT2D eigenvalue weighted by molar-refractivity contribution is -0.274.